The van der Waals surface area contributed by atoms with Crippen LogP contribution in [0.15, 0.2) is 84.9 Å². The minimum atomic E-state index is -1.33. The lowest BCUT2D eigenvalue weighted by atomic mass is 10.0. The maximum Gasteiger partial charge on any atom is 0.512 e. The van der Waals surface area contributed by atoms with E-state index >= 15 is 0 Å². The van der Waals surface area contributed by atoms with Crippen LogP contribution in [-0.2, 0) is 6.42 Å². The standard InChI is InChI=1S/C29H25NO4/c1-19-11-13-20(14-12-19)22-15-16-24-25(28(34-29(31)32)30-26(24)18-22)9-5-17-33-27-10-4-7-21-6-2-3-8-23(21)27/h2-4,6-8,10-16,18,30H,5,9,17H2,1H3,(H,31,32). The number of nitrogens with one attached hydrogen (secondary N) is 1. The summed E-state index contributed by atoms with van der Waals surface area (Å²) < 4.78 is 11.2. The molecule has 0 spiro atoms. The fourth-order valence-corrected chi connectivity index (χ4v) is 4.33. The molecule has 1 aromatic heterocycles. The molecule has 0 radical (unpaired) electrons. The van der Waals surface area contributed by atoms with E-state index in [0.29, 0.717) is 19.4 Å². The molecule has 0 atom stereocenters. The van der Waals surface area contributed by atoms with E-state index in [1.165, 1.54) is 5.56 Å². The van der Waals surface area contributed by atoms with Crippen LogP contribution in [0, 0.1) is 6.92 Å². The van der Waals surface area contributed by atoms with Crippen LogP contribution in [0.2, 0.25) is 0 Å². The number of ether oxygens (including phenoxy) is 2. The first-order chi connectivity index (χ1) is 16.6. The molecule has 5 aromatic rings. The summed E-state index contributed by atoms with van der Waals surface area (Å²) in [4.78, 5) is 14.4. The van der Waals surface area contributed by atoms with Crippen molar-refractivity contribution in [3.63, 3.8) is 0 Å². The molecule has 0 aliphatic rings. The first kappa shape index (κ1) is 21.6. The van der Waals surface area contributed by atoms with Crippen molar-refractivity contribution < 1.29 is 19.4 Å². The molecule has 0 saturated carbocycles. The summed E-state index contributed by atoms with van der Waals surface area (Å²) in [5, 5.41) is 12.4. The van der Waals surface area contributed by atoms with Crippen molar-refractivity contribution in [3.8, 4) is 22.8 Å². The molecule has 0 saturated heterocycles. The molecule has 5 nitrogen and oxygen atoms in total. The van der Waals surface area contributed by atoms with Crippen LogP contribution >= 0.6 is 0 Å². The summed E-state index contributed by atoms with van der Waals surface area (Å²) >= 11 is 0. The quantitative estimate of drug-likeness (QED) is 0.200. The van der Waals surface area contributed by atoms with Crippen molar-refractivity contribution in [2.75, 3.05) is 6.61 Å². The van der Waals surface area contributed by atoms with Gasteiger partial charge >= 0.3 is 6.16 Å². The first-order valence-electron chi connectivity index (χ1n) is 11.3. The summed E-state index contributed by atoms with van der Waals surface area (Å²) in [6.07, 6.45) is 0.00178. The van der Waals surface area contributed by atoms with E-state index < -0.39 is 6.16 Å². The van der Waals surface area contributed by atoms with Gasteiger partial charge in [0, 0.05) is 21.9 Å². The predicted octanol–water partition coefficient (Wildman–Crippen LogP) is 7.36. The van der Waals surface area contributed by atoms with E-state index in [1.807, 2.05) is 36.4 Å². The topological polar surface area (TPSA) is 71.6 Å². The molecule has 2 N–H and O–H groups in total. The molecule has 5 heteroatoms. The average Bonchev–Trinajstić information content (AvgIpc) is 3.17. The predicted molar refractivity (Wildman–Crippen MR) is 135 cm³/mol. The second-order valence-electron chi connectivity index (χ2n) is 8.36. The third-order valence-electron chi connectivity index (χ3n) is 6.02. The Morgan fingerprint density at radius 2 is 1.65 bits per heavy atom. The Balaban J connectivity index is 1.36. The van der Waals surface area contributed by atoms with Crippen molar-refractivity contribution >= 4 is 27.8 Å². The molecule has 0 bridgehead atoms. The molecule has 0 unspecified atom stereocenters. The van der Waals surface area contributed by atoms with Gasteiger partial charge in [-0.3, -0.25) is 0 Å². The number of hydrogen-bond donors (Lipinski definition) is 2. The van der Waals surface area contributed by atoms with Crippen LogP contribution in [0.25, 0.3) is 32.8 Å². The average molecular weight is 452 g/mol. The summed E-state index contributed by atoms with van der Waals surface area (Å²) in [7, 11) is 0. The van der Waals surface area contributed by atoms with Gasteiger partial charge in [0.05, 0.1) is 6.61 Å². The maximum absolute atomic E-state index is 11.3. The summed E-state index contributed by atoms with van der Waals surface area (Å²) in [5.41, 5.74) is 5.05. The zero-order valence-electron chi connectivity index (χ0n) is 18.9. The molecular weight excluding hydrogens is 426 g/mol. The summed E-state index contributed by atoms with van der Waals surface area (Å²) in [5.74, 6) is 1.12. The van der Waals surface area contributed by atoms with Crippen molar-refractivity contribution in [2.45, 2.75) is 19.8 Å². The first-order valence-corrected chi connectivity index (χ1v) is 11.3. The van der Waals surface area contributed by atoms with Crippen LogP contribution < -0.4 is 9.47 Å². The Labute approximate surface area is 197 Å². The van der Waals surface area contributed by atoms with E-state index in [9.17, 15) is 9.90 Å². The molecule has 1 heterocycles. The Morgan fingerprint density at radius 3 is 2.47 bits per heavy atom. The Kier molecular flexibility index (Phi) is 5.91. The number of carbonyl (C=O) groups is 1. The Bertz CT molecular complexity index is 1460. The van der Waals surface area contributed by atoms with Crippen molar-refractivity contribution in [1.29, 1.82) is 0 Å². The minimum Gasteiger partial charge on any atom is -0.493 e. The zero-order valence-corrected chi connectivity index (χ0v) is 18.9. The number of benzene rings is 4. The van der Waals surface area contributed by atoms with Gasteiger partial charge in [-0.25, -0.2) is 4.79 Å². The summed E-state index contributed by atoms with van der Waals surface area (Å²) in [6.45, 7) is 2.57. The minimum absolute atomic E-state index is 0.272. The van der Waals surface area contributed by atoms with E-state index in [-0.39, 0.29) is 5.88 Å². The normalized spacial score (nSPS) is 11.1. The van der Waals surface area contributed by atoms with E-state index in [1.54, 1.807) is 0 Å². The van der Waals surface area contributed by atoms with Crippen LogP contribution in [0.3, 0.4) is 0 Å². The Morgan fingerprint density at radius 1 is 0.882 bits per heavy atom. The zero-order chi connectivity index (χ0) is 23.5. The number of aromatic nitrogens is 1. The van der Waals surface area contributed by atoms with Gasteiger partial charge in [-0.2, -0.15) is 0 Å². The number of carboxylic acid groups (broad SMARTS) is 1. The van der Waals surface area contributed by atoms with Crippen molar-refractivity contribution in [2.24, 2.45) is 0 Å². The van der Waals surface area contributed by atoms with Crippen LogP contribution in [0.5, 0.6) is 11.6 Å². The van der Waals surface area contributed by atoms with Crippen molar-refractivity contribution in [3.05, 3.63) is 96.1 Å². The van der Waals surface area contributed by atoms with Gasteiger partial charge in [0.2, 0.25) is 5.88 Å². The Hall–Kier alpha value is -4.25. The number of aryl methyl sites for hydroxylation is 2. The van der Waals surface area contributed by atoms with E-state index in [2.05, 4.69) is 60.4 Å². The van der Waals surface area contributed by atoms with Gasteiger partial charge in [-0.15, -0.1) is 0 Å². The van der Waals surface area contributed by atoms with E-state index in [0.717, 1.165) is 44.1 Å². The molecular formula is C29H25NO4. The lowest BCUT2D eigenvalue weighted by Gasteiger charge is -2.10. The SMILES string of the molecule is Cc1ccc(-c2ccc3c(CCCOc4cccc5ccccc45)c(OC(=O)O)[nH]c3c2)cc1. The highest BCUT2D eigenvalue weighted by molar-refractivity contribution is 5.90. The molecule has 0 amide bonds. The van der Waals surface area contributed by atoms with Gasteiger partial charge in [0.25, 0.3) is 0 Å². The maximum atomic E-state index is 11.3. The van der Waals surface area contributed by atoms with Crippen LogP contribution in [0.1, 0.15) is 17.5 Å². The largest absolute Gasteiger partial charge is 0.512 e. The number of rotatable bonds is 7. The number of fused-ring (bicyclic) bond motifs is 2. The van der Waals surface area contributed by atoms with E-state index in [4.69, 9.17) is 9.47 Å². The van der Waals surface area contributed by atoms with Gasteiger partial charge in [-0.05, 0) is 48.4 Å². The van der Waals surface area contributed by atoms with Crippen LogP contribution in [0.4, 0.5) is 4.79 Å². The van der Waals surface area contributed by atoms with Gasteiger partial charge < -0.3 is 19.6 Å². The lowest BCUT2D eigenvalue weighted by Crippen LogP contribution is -2.06. The highest BCUT2D eigenvalue weighted by Gasteiger charge is 2.16. The number of aromatic amines is 1. The number of H-pyrrole nitrogens is 1. The van der Waals surface area contributed by atoms with Gasteiger partial charge in [0.1, 0.15) is 5.75 Å². The van der Waals surface area contributed by atoms with Gasteiger partial charge in [0.15, 0.2) is 0 Å². The van der Waals surface area contributed by atoms with Crippen LogP contribution in [-0.4, -0.2) is 22.9 Å². The fourth-order valence-electron chi connectivity index (χ4n) is 4.33. The molecule has 170 valence electrons. The third kappa shape index (κ3) is 4.46. The summed E-state index contributed by atoms with van der Waals surface area (Å²) in [6, 6.07) is 28.6. The molecule has 4 aromatic carbocycles. The molecule has 0 aliphatic heterocycles. The fraction of sp³-hybridized carbons (Fsp3) is 0.138. The molecule has 5 rings (SSSR count). The molecule has 0 fully saturated rings. The van der Waals surface area contributed by atoms with Crippen molar-refractivity contribution in [1.82, 2.24) is 4.98 Å². The smallest absolute Gasteiger partial charge is 0.493 e. The number of hydrogen-bond acceptors (Lipinski definition) is 3. The molecule has 34 heavy (non-hydrogen) atoms. The highest BCUT2D eigenvalue weighted by Crippen LogP contribution is 2.33. The second-order valence-corrected chi connectivity index (χ2v) is 8.36. The third-order valence-corrected chi connectivity index (χ3v) is 6.02. The lowest BCUT2D eigenvalue weighted by molar-refractivity contribution is 0.142. The monoisotopic (exact) mass is 451 g/mol. The van der Waals surface area contributed by atoms with Gasteiger partial charge in [-0.1, -0.05) is 78.4 Å². The second kappa shape index (κ2) is 9.32. The molecule has 0 aliphatic carbocycles. The highest BCUT2D eigenvalue weighted by atomic mass is 16.7.